The number of nitrogens with zero attached hydrogens (tertiary/aromatic N) is 3. The van der Waals surface area contributed by atoms with E-state index in [-0.39, 0.29) is 12.0 Å². The third kappa shape index (κ3) is 2.84. The van der Waals surface area contributed by atoms with Crippen LogP contribution in [-0.4, -0.2) is 30.1 Å². The Hall–Kier alpha value is -2.09. The Morgan fingerprint density at radius 2 is 2.47 bits per heavy atom. The van der Waals surface area contributed by atoms with Crippen molar-refractivity contribution in [2.45, 2.75) is 32.2 Å². The number of rotatable bonds is 3. The molecule has 0 radical (unpaired) electrons. The molecular formula is C14H17N3O2. The number of piperidine rings is 1. The molecule has 0 aromatic carbocycles. The van der Waals surface area contributed by atoms with Crippen molar-refractivity contribution in [2.75, 3.05) is 18.1 Å². The summed E-state index contributed by atoms with van der Waals surface area (Å²) in [5.41, 5.74) is 1.27. The first-order chi connectivity index (χ1) is 9.27. The van der Waals surface area contributed by atoms with Crippen LogP contribution in [0.15, 0.2) is 18.5 Å². The number of esters is 1. The average molecular weight is 259 g/mol. The lowest BCUT2D eigenvalue weighted by molar-refractivity contribution is -0.145. The van der Waals surface area contributed by atoms with Crippen molar-refractivity contribution in [3.8, 4) is 6.07 Å². The molecule has 0 N–H and O–H groups in total. The first kappa shape index (κ1) is 13.3. The third-order valence-electron chi connectivity index (χ3n) is 3.29. The van der Waals surface area contributed by atoms with Crippen molar-refractivity contribution in [1.29, 1.82) is 5.26 Å². The van der Waals surface area contributed by atoms with Crippen LogP contribution in [0.5, 0.6) is 0 Å². The molecule has 1 saturated heterocycles. The molecule has 2 heterocycles. The molecule has 1 atom stereocenters. The number of carbonyl (C=O) groups is 1. The van der Waals surface area contributed by atoms with Gasteiger partial charge in [-0.1, -0.05) is 0 Å². The molecule has 5 nitrogen and oxygen atoms in total. The fraction of sp³-hybridized carbons (Fsp3) is 0.500. The van der Waals surface area contributed by atoms with E-state index in [4.69, 9.17) is 10.00 Å². The van der Waals surface area contributed by atoms with Crippen molar-refractivity contribution in [3.63, 3.8) is 0 Å². The third-order valence-corrected chi connectivity index (χ3v) is 3.29. The minimum atomic E-state index is -0.301. The van der Waals surface area contributed by atoms with Crippen LogP contribution in [0.4, 0.5) is 5.69 Å². The molecule has 19 heavy (non-hydrogen) atoms. The van der Waals surface area contributed by atoms with Crippen LogP contribution >= 0.6 is 0 Å². The molecule has 0 spiro atoms. The maximum atomic E-state index is 12.0. The summed E-state index contributed by atoms with van der Waals surface area (Å²) in [6.45, 7) is 2.93. The molecule has 1 fully saturated rings. The number of hydrogen-bond donors (Lipinski definition) is 0. The molecule has 1 unspecified atom stereocenters. The van der Waals surface area contributed by atoms with Gasteiger partial charge in [-0.15, -0.1) is 0 Å². The Balaban J connectivity index is 2.29. The van der Waals surface area contributed by atoms with Gasteiger partial charge in [0, 0.05) is 12.7 Å². The van der Waals surface area contributed by atoms with Crippen molar-refractivity contribution in [1.82, 2.24) is 4.98 Å². The highest BCUT2D eigenvalue weighted by atomic mass is 16.5. The minimum absolute atomic E-state index is 0.213. The van der Waals surface area contributed by atoms with Gasteiger partial charge in [0.25, 0.3) is 0 Å². The Labute approximate surface area is 112 Å². The van der Waals surface area contributed by atoms with Crippen LogP contribution in [0.3, 0.4) is 0 Å². The van der Waals surface area contributed by atoms with Crippen molar-refractivity contribution >= 4 is 11.7 Å². The average Bonchev–Trinajstić information content (AvgIpc) is 2.47. The highest BCUT2D eigenvalue weighted by Gasteiger charge is 2.31. The fourth-order valence-electron chi connectivity index (χ4n) is 2.41. The summed E-state index contributed by atoms with van der Waals surface area (Å²) in [7, 11) is 0. The van der Waals surface area contributed by atoms with Crippen molar-refractivity contribution in [2.24, 2.45) is 0 Å². The van der Waals surface area contributed by atoms with Gasteiger partial charge in [0.1, 0.15) is 12.1 Å². The normalized spacial score (nSPS) is 18.7. The van der Waals surface area contributed by atoms with E-state index in [1.807, 2.05) is 4.90 Å². The molecule has 0 amide bonds. The lowest BCUT2D eigenvalue weighted by atomic mass is 10.0. The molecule has 5 heteroatoms. The number of pyridine rings is 1. The second kappa shape index (κ2) is 6.19. The molecule has 1 aromatic heterocycles. The zero-order chi connectivity index (χ0) is 13.7. The monoisotopic (exact) mass is 259 g/mol. The zero-order valence-electron chi connectivity index (χ0n) is 11.0. The number of aromatic nitrogens is 1. The Morgan fingerprint density at radius 1 is 1.63 bits per heavy atom. The van der Waals surface area contributed by atoms with E-state index in [0.29, 0.717) is 12.2 Å². The van der Waals surface area contributed by atoms with E-state index < -0.39 is 0 Å². The molecule has 2 rings (SSSR count). The van der Waals surface area contributed by atoms with Gasteiger partial charge in [-0.3, -0.25) is 4.98 Å². The van der Waals surface area contributed by atoms with Crippen LogP contribution < -0.4 is 4.90 Å². The maximum absolute atomic E-state index is 12.0. The van der Waals surface area contributed by atoms with Crippen LogP contribution in [0.2, 0.25) is 0 Å². The highest BCUT2D eigenvalue weighted by molar-refractivity contribution is 5.81. The molecular weight excluding hydrogens is 242 g/mol. The largest absolute Gasteiger partial charge is 0.464 e. The van der Waals surface area contributed by atoms with Crippen LogP contribution in [-0.2, 0) is 9.53 Å². The molecule has 100 valence electrons. The van der Waals surface area contributed by atoms with Gasteiger partial charge in [-0.25, -0.2) is 4.79 Å². The van der Waals surface area contributed by atoms with Gasteiger partial charge in [-0.05, 0) is 32.3 Å². The number of ether oxygens (including phenoxy) is 1. The highest BCUT2D eigenvalue weighted by Crippen LogP contribution is 2.27. The summed E-state index contributed by atoms with van der Waals surface area (Å²) in [5.74, 6) is -0.213. The topological polar surface area (TPSA) is 66.2 Å². The standard InChI is InChI=1S/C14H17N3O2/c1-2-19-14(18)12-5-3-4-8-17(12)13-10-16-7-6-11(13)9-15/h6-7,10,12H,2-5,8H2,1H3. The van der Waals surface area contributed by atoms with Crippen molar-refractivity contribution in [3.05, 3.63) is 24.0 Å². The number of nitriles is 1. The summed E-state index contributed by atoms with van der Waals surface area (Å²) in [5, 5.41) is 9.16. The summed E-state index contributed by atoms with van der Waals surface area (Å²) < 4.78 is 5.12. The quantitative estimate of drug-likeness (QED) is 0.775. The lowest BCUT2D eigenvalue weighted by Gasteiger charge is -2.35. The maximum Gasteiger partial charge on any atom is 0.328 e. The second-order valence-corrected chi connectivity index (χ2v) is 4.46. The molecule has 0 aliphatic carbocycles. The summed E-state index contributed by atoms with van der Waals surface area (Å²) >= 11 is 0. The first-order valence-corrected chi connectivity index (χ1v) is 6.55. The predicted octanol–water partition coefficient (Wildman–Crippen LogP) is 1.88. The second-order valence-electron chi connectivity index (χ2n) is 4.46. The molecule has 1 aromatic rings. The predicted molar refractivity (Wildman–Crippen MR) is 70.6 cm³/mol. The van der Waals surface area contributed by atoms with Crippen LogP contribution in [0, 0.1) is 11.3 Å². The van der Waals surface area contributed by atoms with Gasteiger partial charge in [0.2, 0.25) is 0 Å². The summed E-state index contributed by atoms with van der Waals surface area (Å²) in [4.78, 5) is 18.0. The minimum Gasteiger partial charge on any atom is -0.464 e. The zero-order valence-corrected chi connectivity index (χ0v) is 11.0. The Kier molecular flexibility index (Phi) is 4.35. The van der Waals surface area contributed by atoms with Gasteiger partial charge in [0.15, 0.2) is 0 Å². The number of hydrogen-bond acceptors (Lipinski definition) is 5. The van der Waals surface area contributed by atoms with E-state index in [9.17, 15) is 4.79 Å². The fourth-order valence-corrected chi connectivity index (χ4v) is 2.41. The van der Waals surface area contributed by atoms with E-state index in [0.717, 1.165) is 31.5 Å². The lowest BCUT2D eigenvalue weighted by Crippen LogP contribution is -2.46. The van der Waals surface area contributed by atoms with E-state index >= 15 is 0 Å². The molecule has 0 bridgehead atoms. The van der Waals surface area contributed by atoms with E-state index in [1.165, 1.54) is 0 Å². The van der Waals surface area contributed by atoms with Crippen LogP contribution in [0.25, 0.3) is 0 Å². The SMILES string of the molecule is CCOC(=O)C1CCCCN1c1cnccc1C#N. The first-order valence-electron chi connectivity index (χ1n) is 6.55. The Bertz CT molecular complexity index is 496. The van der Waals surface area contributed by atoms with Gasteiger partial charge >= 0.3 is 5.97 Å². The van der Waals surface area contributed by atoms with Crippen LogP contribution in [0.1, 0.15) is 31.7 Å². The van der Waals surface area contributed by atoms with Gasteiger partial charge in [0.05, 0.1) is 24.1 Å². The van der Waals surface area contributed by atoms with Gasteiger partial charge < -0.3 is 9.64 Å². The summed E-state index contributed by atoms with van der Waals surface area (Å²) in [6, 6.07) is 3.52. The van der Waals surface area contributed by atoms with Gasteiger partial charge in [-0.2, -0.15) is 5.26 Å². The van der Waals surface area contributed by atoms with E-state index in [2.05, 4.69) is 11.1 Å². The molecule has 1 aliphatic rings. The summed E-state index contributed by atoms with van der Waals surface area (Å²) in [6.07, 6.45) is 6.01. The molecule has 1 aliphatic heterocycles. The van der Waals surface area contributed by atoms with E-state index in [1.54, 1.807) is 25.4 Å². The Morgan fingerprint density at radius 3 is 3.21 bits per heavy atom. The number of carbonyl (C=O) groups excluding carboxylic acids is 1. The smallest absolute Gasteiger partial charge is 0.328 e. The number of anilines is 1. The van der Waals surface area contributed by atoms with Crippen molar-refractivity contribution < 1.29 is 9.53 Å². The molecule has 0 saturated carbocycles.